The number of halogens is 1. The maximum absolute atomic E-state index is 13.0. The molecule has 8 heteroatoms. The van der Waals surface area contributed by atoms with Crippen LogP contribution in [0.1, 0.15) is 21.5 Å². The molecule has 0 spiro atoms. The van der Waals surface area contributed by atoms with Crippen molar-refractivity contribution in [2.24, 2.45) is 0 Å². The van der Waals surface area contributed by atoms with Gasteiger partial charge in [-0.05, 0) is 66.6 Å². The van der Waals surface area contributed by atoms with Crippen LogP contribution < -0.4 is 14.8 Å². The van der Waals surface area contributed by atoms with Crippen LogP contribution in [0.2, 0.25) is 0 Å². The lowest BCUT2D eigenvalue weighted by molar-refractivity contribution is 0.0951. The summed E-state index contributed by atoms with van der Waals surface area (Å²) in [6.07, 6.45) is 0. The van der Waals surface area contributed by atoms with Crippen LogP contribution in [0.15, 0.2) is 71.6 Å². The average Bonchev–Trinajstić information content (AvgIpc) is 2.74. The highest BCUT2D eigenvalue weighted by Gasteiger charge is 2.17. The number of nitrogens with one attached hydrogen (secondary N) is 2. The second-order valence-corrected chi connectivity index (χ2v) is 8.30. The molecule has 0 unspecified atom stereocenters. The molecule has 0 saturated carbocycles. The van der Waals surface area contributed by atoms with E-state index in [1.807, 2.05) is 0 Å². The van der Waals surface area contributed by atoms with Gasteiger partial charge in [0.05, 0.1) is 17.7 Å². The Morgan fingerprint density at radius 3 is 2.30 bits per heavy atom. The molecule has 2 N–H and O–H groups in total. The first-order valence-corrected chi connectivity index (χ1v) is 10.6. The van der Waals surface area contributed by atoms with Gasteiger partial charge in [0, 0.05) is 12.1 Å². The van der Waals surface area contributed by atoms with Crippen molar-refractivity contribution in [3.05, 3.63) is 89.2 Å². The number of aryl methyl sites for hydroxylation is 1. The zero-order valence-electron chi connectivity index (χ0n) is 16.5. The third-order valence-corrected chi connectivity index (χ3v) is 5.86. The van der Waals surface area contributed by atoms with Crippen molar-refractivity contribution in [2.45, 2.75) is 18.4 Å². The first kappa shape index (κ1) is 21.3. The zero-order chi connectivity index (χ0) is 21.7. The molecule has 3 aromatic rings. The lowest BCUT2D eigenvalue weighted by Gasteiger charge is -2.13. The topological polar surface area (TPSA) is 84.5 Å². The Bertz CT molecular complexity index is 1140. The predicted octanol–water partition coefficient (Wildman–Crippen LogP) is 3.87. The zero-order valence-corrected chi connectivity index (χ0v) is 17.3. The largest absolute Gasteiger partial charge is 0.497 e. The Morgan fingerprint density at radius 2 is 1.67 bits per heavy atom. The summed E-state index contributed by atoms with van der Waals surface area (Å²) >= 11 is 0. The summed E-state index contributed by atoms with van der Waals surface area (Å²) in [4.78, 5) is 12.6. The highest BCUT2D eigenvalue weighted by Crippen LogP contribution is 2.23. The molecule has 156 valence electrons. The first-order valence-electron chi connectivity index (χ1n) is 9.08. The Balaban J connectivity index is 1.75. The summed E-state index contributed by atoms with van der Waals surface area (Å²) in [5, 5.41) is 2.74. The lowest BCUT2D eigenvalue weighted by atomic mass is 10.1. The van der Waals surface area contributed by atoms with Crippen LogP contribution in [0.25, 0.3) is 0 Å². The van der Waals surface area contributed by atoms with Gasteiger partial charge < -0.3 is 10.1 Å². The minimum Gasteiger partial charge on any atom is -0.497 e. The Hall–Kier alpha value is -3.39. The lowest BCUT2D eigenvalue weighted by Crippen LogP contribution is -2.23. The number of hydrogen-bond donors (Lipinski definition) is 2. The minimum atomic E-state index is -3.84. The normalized spacial score (nSPS) is 11.0. The second-order valence-electron chi connectivity index (χ2n) is 6.62. The average molecular weight is 428 g/mol. The van der Waals surface area contributed by atoms with Crippen LogP contribution in [0, 0.1) is 12.7 Å². The van der Waals surface area contributed by atoms with Gasteiger partial charge in [-0.15, -0.1) is 0 Å². The molecule has 0 radical (unpaired) electrons. The molecule has 30 heavy (non-hydrogen) atoms. The van der Waals surface area contributed by atoms with Crippen molar-refractivity contribution in [3.8, 4) is 5.75 Å². The van der Waals surface area contributed by atoms with Gasteiger partial charge in [-0.1, -0.05) is 18.2 Å². The SMILES string of the molecule is COc1ccc(S(=O)(=O)Nc2cc(C(=O)NCc3ccc(F)cc3)ccc2C)cc1. The van der Waals surface area contributed by atoms with Gasteiger partial charge in [-0.25, -0.2) is 12.8 Å². The standard InChI is InChI=1S/C22H21FN2O4S/c1-15-3-6-17(22(26)24-14-16-4-7-18(23)8-5-16)13-21(15)25-30(27,28)20-11-9-19(29-2)10-12-20/h3-13,25H,14H2,1-2H3,(H,24,26). The molecule has 0 aliphatic rings. The van der Waals surface area contributed by atoms with Gasteiger partial charge in [0.25, 0.3) is 15.9 Å². The number of rotatable bonds is 7. The van der Waals surface area contributed by atoms with Crippen molar-refractivity contribution in [1.82, 2.24) is 5.32 Å². The fraction of sp³-hybridized carbons (Fsp3) is 0.136. The number of carbonyl (C=O) groups excluding carboxylic acids is 1. The molecule has 0 aliphatic heterocycles. The van der Waals surface area contributed by atoms with E-state index in [0.29, 0.717) is 22.6 Å². The number of sulfonamides is 1. The molecule has 3 aromatic carbocycles. The molecule has 1 amide bonds. The molecule has 6 nitrogen and oxygen atoms in total. The molecular weight excluding hydrogens is 407 g/mol. The maximum Gasteiger partial charge on any atom is 0.261 e. The number of hydrogen-bond acceptors (Lipinski definition) is 4. The Morgan fingerprint density at radius 1 is 1.00 bits per heavy atom. The molecule has 3 rings (SSSR count). The number of benzene rings is 3. The van der Waals surface area contributed by atoms with E-state index in [4.69, 9.17) is 4.74 Å². The maximum atomic E-state index is 13.0. The van der Waals surface area contributed by atoms with Crippen molar-refractivity contribution in [1.29, 1.82) is 0 Å². The second kappa shape index (κ2) is 8.96. The first-order chi connectivity index (χ1) is 14.3. The van der Waals surface area contributed by atoms with E-state index in [1.54, 1.807) is 43.3 Å². The van der Waals surface area contributed by atoms with E-state index in [-0.39, 0.29) is 23.2 Å². The fourth-order valence-corrected chi connectivity index (χ4v) is 3.84. The molecule has 0 saturated heterocycles. The number of carbonyl (C=O) groups is 1. The minimum absolute atomic E-state index is 0.0777. The molecular formula is C22H21FN2O4S. The number of methoxy groups -OCH3 is 1. The van der Waals surface area contributed by atoms with Gasteiger partial charge in [0.2, 0.25) is 0 Å². The highest BCUT2D eigenvalue weighted by molar-refractivity contribution is 7.92. The summed E-state index contributed by atoms with van der Waals surface area (Å²) in [7, 11) is -2.34. The van der Waals surface area contributed by atoms with Gasteiger partial charge in [-0.2, -0.15) is 0 Å². The highest BCUT2D eigenvalue weighted by atomic mass is 32.2. The van der Waals surface area contributed by atoms with Crippen LogP contribution >= 0.6 is 0 Å². The van der Waals surface area contributed by atoms with E-state index >= 15 is 0 Å². The third kappa shape index (κ3) is 5.15. The molecule has 0 bridgehead atoms. The number of anilines is 1. The van der Waals surface area contributed by atoms with E-state index in [9.17, 15) is 17.6 Å². The summed E-state index contributed by atoms with van der Waals surface area (Å²) in [5.74, 6) is -0.174. The number of amides is 1. The van der Waals surface area contributed by atoms with Crippen molar-refractivity contribution < 1.29 is 22.3 Å². The quantitative estimate of drug-likeness (QED) is 0.598. The van der Waals surface area contributed by atoms with E-state index in [1.165, 1.54) is 37.4 Å². The van der Waals surface area contributed by atoms with Crippen molar-refractivity contribution in [2.75, 3.05) is 11.8 Å². The van der Waals surface area contributed by atoms with Crippen LogP contribution in [-0.2, 0) is 16.6 Å². The summed E-state index contributed by atoms with van der Waals surface area (Å²) < 4.78 is 45.9. The molecule has 0 heterocycles. The fourth-order valence-electron chi connectivity index (χ4n) is 2.72. The van der Waals surface area contributed by atoms with Crippen LogP contribution in [0.4, 0.5) is 10.1 Å². The Labute approximate surface area is 174 Å². The summed E-state index contributed by atoms with van der Waals surface area (Å²) in [6, 6.07) is 16.6. The van der Waals surface area contributed by atoms with Gasteiger partial charge in [0.15, 0.2) is 0 Å². The smallest absolute Gasteiger partial charge is 0.261 e. The van der Waals surface area contributed by atoms with Gasteiger partial charge in [0.1, 0.15) is 11.6 Å². The molecule has 0 aliphatic carbocycles. The summed E-state index contributed by atoms with van der Waals surface area (Å²) in [6.45, 7) is 1.96. The monoisotopic (exact) mass is 428 g/mol. The molecule has 0 atom stereocenters. The van der Waals surface area contributed by atoms with Crippen LogP contribution in [0.5, 0.6) is 5.75 Å². The number of ether oxygens (including phenoxy) is 1. The third-order valence-electron chi connectivity index (χ3n) is 4.48. The molecule has 0 fully saturated rings. The van der Waals surface area contributed by atoms with Gasteiger partial charge in [-0.3, -0.25) is 9.52 Å². The predicted molar refractivity (Wildman–Crippen MR) is 113 cm³/mol. The van der Waals surface area contributed by atoms with E-state index < -0.39 is 10.0 Å². The van der Waals surface area contributed by atoms with Crippen molar-refractivity contribution >= 4 is 21.6 Å². The van der Waals surface area contributed by atoms with Gasteiger partial charge >= 0.3 is 0 Å². The van der Waals surface area contributed by atoms with Crippen LogP contribution in [-0.4, -0.2) is 21.4 Å². The molecule has 0 aromatic heterocycles. The van der Waals surface area contributed by atoms with Crippen molar-refractivity contribution in [3.63, 3.8) is 0 Å². The van der Waals surface area contributed by atoms with Crippen LogP contribution in [0.3, 0.4) is 0 Å². The Kier molecular flexibility index (Phi) is 6.37. The summed E-state index contributed by atoms with van der Waals surface area (Å²) in [5.41, 5.74) is 2.02. The van der Waals surface area contributed by atoms with E-state index in [2.05, 4.69) is 10.0 Å². The van der Waals surface area contributed by atoms with E-state index in [0.717, 1.165) is 5.56 Å².